The molecule has 0 aliphatic carbocycles. The molecule has 0 saturated heterocycles. The zero-order valence-corrected chi connectivity index (χ0v) is 11.0. The van der Waals surface area contributed by atoms with Gasteiger partial charge in [-0.2, -0.15) is 0 Å². The number of rotatable bonds is 4. The van der Waals surface area contributed by atoms with Crippen LogP contribution >= 0.6 is 11.6 Å². The van der Waals surface area contributed by atoms with Crippen molar-refractivity contribution in [2.24, 2.45) is 12.8 Å². The van der Waals surface area contributed by atoms with Crippen molar-refractivity contribution < 1.29 is 4.74 Å². The number of benzene rings is 1. The topological polar surface area (TPSA) is 66.0 Å². The Labute approximate surface area is 111 Å². The molecule has 2 aromatic rings. The van der Waals surface area contributed by atoms with Crippen LogP contribution in [0.2, 0.25) is 5.02 Å². The van der Waals surface area contributed by atoms with Crippen molar-refractivity contribution in [1.29, 1.82) is 0 Å². The van der Waals surface area contributed by atoms with Gasteiger partial charge in [0.15, 0.2) is 0 Å². The number of nitrogens with two attached hydrogens (primary N) is 1. The normalized spacial score (nSPS) is 14.2. The third-order valence-corrected chi connectivity index (χ3v) is 2.95. The summed E-state index contributed by atoms with van der Waals surface area (Å²) in [6, 6.07) is 6.93. The fraction of sp³-hybridized carbons (Fsp3) is 0.333. The zero-order valence-electron chi connectivity index (χ0n) is 10.2. The van der Waals surface area contributed by atoms with Gasteiger partial charge in [0.2, 0.25) is 0 Å². The van der Waals surface area contributed by atoms with Crippen molar-refractivity contribution in [1.82, 2.24) is 15.0 Å². The molecule has 0 saturated carbocycles. The number of aryl methyl sites for hydroxylation is 1. The molecule has 0 bridgehead atoms. The standard InChI is InChI=1S/C12H15ClN4O/c1-8(12(14)11-7-15-16-17(11)2)18-10-5-3-4-9(13)6-10/h3-8,12H,14H2,1-2H3. The van der Waals surface area contributed by atoms with E-state index < -0.39 is 0 Å². The second kappa shape index (κ2) is 5.37. The van der Waals surface area contributed by atoms with Gasteiger partial charge in [-0.15, -0.1) is 5.10 Å². The van der Waals surface area contributed by atoms with Crippen LogP contribution in [0.25, 0.3) is 0 Å². The van der Waals surface area contributed by atoms with Gasteiger partial charge in [0.05, 0.1) is 17.9 Å². The minimum Gasteiger partial charge on any atom is -0.489 e. The van der Waals surface area contributed by atoms with Gasteiger partial charge in [0.25, 0.3) is 0 Å². The first-order chi connectivity index (χ1) is 8.58. The lowest BCUT2D eigenvalue weighted by molar-refractivity contribution is 0.186. The number of nitrogens with zero attached hydrogens (tertiary/aromatic N) is 3. The van der Waals surface area contributed by atoms with Gasteiger partial charge in [0.1, 0.15) is 11.9 Å². The molecule has 96 valence electrons. The molecule has 1 heterocycles. The number of halogens is 1. The van der Waals surface area contributed by atoms with Crippen LogP contribution in [-0.4, -0.2) is 21.1 Å². The summed E-state index contributed by atoms with van der Waals surface area (Å²) >= 11 is 5.90. The number of hydrogen-bond acceptors (Lipinski definition) is 4. The van der Waals surface area contributed by atoms with Gasteiger partial charge < -0.3 is 10.5 Å². The highest BCUT2D eigenvalue weighted by Crippen LogP contribution is 2.22. The summed E-state index contributed by atoms with van der Waals surface area (Å²) in [6.45, 7) is 1.90. The van der Waals surface area contributed by atoms with Gasteiger partial charge in [-0.1, -0.05) is 22.9 Å². The maximum Gasteiger partial charge on any atom is 0.121 e. The Balaban J connectivity index is 2.08. The molecule has 0 amide bonds. The lowest BCUT2D eigenvalue weighted by atomic mass is 10.1. The molecule has 2 N–H and O–H groups in total. The van der Waals surface area contributed by atoms with E-state index in [-0.39, 0.29) is 12.1 Å². The summed E-state index contributed by atoms with van der Waals surface area (Å²) in [7, 11) is 1.80. The van der Waals surface area contributed by atoms with Crippen molar-refractivity contribution in [3.63, 3.8) is 0 Å². The van der Waals surface area contributed by atoms with Crippen LogP contribution in [0.3, 0.4) is 0 Å². The molecule has 5 nitrogen and oxygen atoms in total. The largest absolute Gasteiger partial charge is 0.489 e. The van der Waals surface area contributed by atoms with E-state index in [1.165, 1.54) is 0 Å². The Kier molecular flexibility index (Phi) is 3.84. The summed E-state index contributed by atoms with van der Waals surface area (Å²) in [6.07, 6.45) is 1.43. The molecule has 2 unspecified atom stereocenters. The number of ether oxygens (including phenoxy) is 1. The van der Waals surface area contributed by atoms with Gasteiger partial charge in [-0.05, 0) is 25.1 Å². The maximum absolute atomic E-state index is 6.11. The molecule has 0 spiro atoms. The fourth-order valence-corrected chi connectivity index (χ4v) is 1.85. The van der Waals surface area contributed by atoms with E-state index in [0.29, 0.717) is 10.8 Å². The molecule has 2 rings (SSSR count). The van der Waals surface area contributed by atoms with E-state index in [1.54, 1.807) is 30.1 Å². The molecule has 6 heteroatoms. The van der Waals surface area contributed by atoms with Gasteiger partial charge in [-0.25, -0.2) is 0 Å². The van der Waals surface area contributed by atoms with Crippen molar-refractivity contribution in [2.45, 2.75) is 19.1 Å². The second-order valence-electron chi connectivity index (χ2n) is 4.09. The Morgan fingerprint density at radius 3 is 2.83 bits per heavy atom. The monoisotopic (exact) mass is 266 g/mol. The maximum atomic E-state index is 6.11. The molecule has 1 aromatic carbocycles. The van der Waals surface area contributed by atoms with Gasteiger partial charge in [0, 0.05) is 12.1 Å². The quantitative estimate of drug-likeness (QED) is 0.918. The Hall–Kier alpha value is -1.59. The Bertz CT molecular complexity index is 528. The minimum atomic E-state index is -0.302. The summed E-state index contributed by atoms with van der Waals surface area (Å²) in [5, 5.41) is 8.29. The van der Waals surface area contributed by atoms with Crippen LogP contribution in [0, 0.1) is 0 Å². The average molecular weight is 267 g/mol. The molecule has 0 fully saturated rings. The summed E-state index contributed by atoms with van der Waals surface area (Å²) in [5.41, 5.74) is 6.93. The minimum absolute atomic E-state index is 0.208. The average Bonchev–Trinajstić information content (AvgIpc) is 2.74. The smallest absolute Gasteiger partial charge is 0.121 e. The van der Waals surface area contributed by atoms with Crippen LogP contribution in [0.15, 0.2) is 30.5 Å². The number of hydrogen-bond donors (Lipinski definition) is 1. The summed E-state index contributed by atoms with van der Waals surface area (Å²) < 4.78 is 7.40. The van der Waals surface area contributed by atoms with Crippen molar-refractivity contribution in [3.8, 4) is 5.75 Å². The van der Waals surface area contributed by atoms with E-state index in [4.69, 9.17) is 22.1 Å². The third-order valence-electron chi connectivity index (χ3n) is 2.71. The SMILES string of the molecule is CC(Oc1cccc(Cl)c1)C(N)c1cnnn1C. The predicted molar refractivity (Wildman–Crippen MR) is 69.5 cm³/mol. The van der Waals surface area contributed by atoms with Crippen LogP contribution in [0.4, 0.5) is 0 Å². The molecule has 18 heavy (non-hydrogen) atoms. The molecule has 0 aliphatic rings. The van der Waals surface area contributed by atoms with Gasteiger partial charge in [-0.3, -0.25) is 4.68 Å². The van der Waals surface area contributed by atoms with Crippen LogP contribution in [0.1, 0.15) is 18.7 Å². The first kappa shape index (κ1) is 12.9. The summed E-state index contributed by atoms with van der Waals surface area (Å²) in [4.78, 5) is 0. The molecule has 1 aromatic heterocycles. The highest BCUT2D eigenvalue weighted by Gasteiger charge is 2.20. The fourth-order valence-electron chi connectivity index (χ4n) is 1.67. The second-order valence-corrected chi connectivity index (χ2v) is 4.53. The molecular weight excluding hydrogens is 252 g/mol. The van der Waals surface area contributed by atoms with Crippen molar-refractivity contribution in [2.75, 3.05) is 0 Å². The van der Waals surface area contributed by atoms with Crippen LogP contribution in [0.5, 0.6) is 5.75 Å². The van der Waals surface area contributed by atoms with Crippen LogP contribution in [-0.2, 0) is 7.05 Å². The van der Waals surface area contributed by atoms with E-state index >= 15 is 0 Å². The highest BCUT2D eigenvalue weighted by molar-refractivity contribution is 6.30. The van der Waals surface area contributed by atoms with E-state index in [1.807, 2.05) is 19.1 Å². The molecule has 2 atom stereocenters. The third kappa shape index (κ3) is 2.80. The first-order valence-electron chi connectivity index (χ1n) is 5.60. The van der Waals surface area contributed by atoms with E-state index in [0.717, 1.165) is 5.69 Å². The van der Waals surface area contributed by atoms with Crippen molar-refractivity contribution in [3.05, 3.63) is 41.2 Å². The molecular formula is C12H15ClN4O. The molecule has 0 radical (unpaired) electrons. The van der Waals surface area contributed by atoms with E-state index in [9.17, 15) is 0 Å². The number of aromatic nitrogens is 3. The van der Waals surface area contributed by atoms with Gasteiger partial charge >= 0.3 is 0 Å². The lowest BCUT2D eigenvalue weighted by Gasteiger charge is -2.21. The summed E-state index contributed by atoms with van der Waals surface area (Å²) in [5.74, 6) is 0.695. The Morgan fingerprint density at radius 2 is 2.22 bits per heavy atom. The Morgan fingerprint density at radius 1 is 1.44 bits per heavy atom. The van der Waals surface area contributed by atoms with E-state index in [2.05, 4.69) is 10.3 Å². The molecule has 0 aliphatic heterocycles. The highest BCUT2D eigenvalue weighted by atomic mass is 35.5. The van der Waals surface area contributed by atoms with Crippen molar-refractivity contribution >= 4 is 11.6 Å². The zero-order chi connectivity index (χ0) is 13.1. The first-order valence-corrected chi connectivity index (χ1v) is 5.98. The predicted octanol–water partition coefficient (Wildman–Crippen LogP) is 1.94. The lowest BCUT2D eigenvalue weighted by Crippen LogP contribution is -2.30. The van der Waals surface area contributed by atoms with Crippen LogP contribution < -0.4 is 10.5 Å².